The molecule has 1 N–H and O–H groups in total. The Morgan fingerprint density at radius 3 is 2.86 bits per heavy atom. The van der Waals surface area contributed by atoms with Crippen LogP contribution < -0.4 is 0 Å². The lowest BCUT2D eigenvalue weighted by atomic mass is 9.90. The van der Waals surface area contributed by atoms with E-state index in [9.17, 15) is 14.7 Å². The number of likely N-dealkylation sites (tertiary alicyclic amines) is 1. The predicted octanol–water partition coefficient (Wildman–Crippen LogP) is 2.01. The van der Waals surface area contributed by atoms with Crippen molar-refractivity contribution in [1.29, 1.82) is 0 Å². The molecule has 0 spiro atoms. The van der Waals surface area contributed by atoms with Gasteiger partial charge in [0, 0.05) is 6.54 Å². The molecule has 3 rings (SSSR count). The van der Waals surface area contributed by atoms with Crippen LogP contribution in [-0.4, -0.2) is 41.1 Å². The number of rotatable bonds is 2. The van der Waals surface area contributed by atoms with Gasteiger partial charge in [-0.25, -0.2) is 4.79 Å². The highest BCUT2D eigenvalue weighted by Crippen LogP contribution is 2.32. The zero-order valence-corrected chi connectivity index (χ0v) is 12.7. The minimum Gasteiger partial charge on any atom is -0.480 e. The SMILES string of the molecule is CC1CCN(C(=O)C2OCCc3ccccc32)C(C(=O)O)C1. The van der Waals surface area contributed by atoms with Gasteiger partial charge in [0.25, 0.3) is 5.91 Å². The molecule has 1 aromatic rings. The van der Waals surface area contributed by atoms with E-state index in [0.29, 0.717) is 25.5 Å². The maximum Gasteiger partial charge on any atom is 0.326 e. The summed E-state index contributed by atoms with van der Waals surface area (Å²) in [6.07, 6.45) is 1.47. The fraction of sp³-hybridized carbons (Fsp3) is 0.529. The number of carboxylic acids is 1. The zero-order chi connectivity index (χ0) is 15.7. The molecular formula is C17H21NO4. The third-order valence-electron chi connectivity index (χ3n) is 4.65. The molecule has 2 heterocycles. The Morgan fingerprint density at radius 2 is 2.09 bits per heavy atom. The molecule has 5 nitrogen and oxygen atoms in total. The van der Waals surface area contributed by atoms with Crippen molar-refractivity contribution in [2.24, 2.45) is 5.92 Å². The summed E-state index contributed by atoms with van der Waals surface area (Å²) >= 11 is 0. The number of carboxylic acid groups (broad SMARTS) is 1. The van der Waals surface area contributed by atoms with Crippen LogP contribution in [0, 0.1) is 5.92 Å². The van der Waals surface area contributed by atoms with Crippen LogP contribution in [-0.2, 0) is 20.7 Å². The highest BCUT2D eigenvalue weighted by molar-refractivity contribution is 5.88. The second-order valence-electron chi connectivity index (χ2n) is 6.21. The summed E-state index contributed by atoms with van der Waals surface area (Å²) in [7, 11) is 0. The molecule has 5 heteroatoms. The third-order valence-corrected chi connectivity index (χ3v) is 4.65. The molecule has 1 aromatic carbocycles. The summed E-state index contributed by atoms with van der Waals surface area (Å²) in [4.78, 5) is 25.9. The Morgan fingerprint density at radius 1 is 1.32 bits per heavy atom. The van der Waals surface area contributed by atoms with Crippen LogP contribution in [0.4, 0.5) is 0 Å². The van der Waals surface area contributed by atoms with Crippen molar-refractivity contribution in [2.75, 3.05) is 13.2 Å². The lowest BCUT2D eigenvalue weighted by Gasteiger charge is -2.38. The van der Waals surface area contributed by atoms with Crippen LogP contribution in [0.2, 0.25) is 0 Å². The molecule has 1 amide bonds. The molecule has 1 fully saturated rings. The van der Waals surface area contributed by atoms with Crippen LogP contribution in [0.25, 0.3) is 0 Å². The van der Waals surface area contributed by atoms with Crippen LogP contribution in [0.3, 0.4) is 0 Å². The molecule has 2 aliphatic heterocycles. The smallest absolute Gasteiger partial charge is 0.326 e. The van der Waals surface area contributed by atoms with Gasteiger partial charge in [-0.05, 0) is 36.3 Å². The second kappa shape index (κ2) is 6.08. The highest BCUT2D eigenvalue weighted by Gasteiger charge is 2.39. The number of piperidine rings is 1. The molecule has 0 saturated carbocycles. The van der Waals surface area contributed by atoms with E-state index in [1.165, 1.54) is 4.90 Å². The van der Waals surface area contributed by atoms with E-state index in [1.807, 2.05) is 31.2 Å². The minimum atomic E-state index is -0.927. The van der Waals surface area contributed by atoms with Gasteiger partial charge in [0.15, 0.2) is 6.10 Å². The zero-order valence-electron chi connectivity index (χ0n) is 12.7. The standard InChI is InChI=1S/C17H21NO4/c1-11-6-8-18(14(10-11)17(20)21)16(19)15-13-5-3-2-4-12(13)7-9-22-15/h2-5,11,14-15H,6-10H2,1H3,(H,20,21). The lowest BCUT2D eigenvalue weighted by molar-refractivity contribution is -0.160. The largest absolute Gasteiger partial charge is 0.480 e. The molecule has 0 bridgehead atoms. The van der Waals surface area contributed by atoms with Gasteiger partial charge < -0.3 is 14.7 Å². The number of hydrogen-bond acceptors (Lipinski definition) is 3. The van der Waals surface area contributed by atoms with E-state index >= 15 is 0 Å². The maximum atomic E-state index is 12.9. The van der Waals surface area contributed by atoms with E-state index in [1.54, 1.807) is 0 Å². The van der Waals surface area contributed by atoms with E-state index < -0.39 is 18.1 Å². The average molecular weight is 303 g/mol. The van der Waals surface area contributed by atoms with Crippen molar-refractivity contribution in [3.05, 3.63) is 35.4 Å². The number of hydrogen-bond donors (Lipinski definition) is 1. The Labute approximate surface area is 129 Å². The average Bonchev–Trinajstić information content (AvgIpc) is 2.53. The van der Waals surface area contributed by atoms with Crippen LogP contribution >= 0.6 is 0 Å². The number of fused-ring (bicyclic) bond motifs is 1. The van der Waals surface area contributed by atoms with E-state index in [0.717, 1.165) is 24.0 Å². The molecule has 2 aliphatic rings. The van der Waals surface area contributed by atoms with Gasteiger partial charge in [-0.15, -0.1) is 0 Å². The van der Waals surface area contributed by atoms with Crippen molar-refractivity contribution in [3.8, 4) is 0 Å². The first-order valence-corrected chi connectivity index (χ1v) is 7.80. The topological polar surface area (TPSA) is 66.8 Å². The Balaban J connectivity index is 1.86. The first-order valence-electron chi connectivity index (χ1n) is 7.80. The van der Waals surface area contributed by atoms with Gasteiger partial charge in [0.1, 0.15) is 6.04 Å². The van der Waals surface area contributed by atoms with E-state index in [-0.39, 0.29) is 5.91 Å². The van der Waals surface area contributed by atoms with Gasteiger partial charge >= 0.3 is 5.97 Å². The Bertz CT molecular complexity index is 586. The normalized spacial score (nSPS) is 28.0. The summed E-state index contributed by atoms with van der Waals surface area (Å²) in [5.74, 6) is -0.819. The van der Waals surface area contributed by atoms with Gasteiger partial charge in [-0.1, -0.05) is 31.2 Å². The number of carbonyl (C=O) groups excluding carboxylic acids is 1. The van der Waals surface area contributed by atoms with Crippen LogP contribution in [0.5, 0.6) is 0 Å². The fourth-order valence-corrected chi connectivity index (χ4v) is 3.39. The molecule has 118 valence electrons. The van der Waals surface area contributed by atoms with E-state index in [2.05, 4.69) is 0 Å². The van der Waals surface area contributed by atoms with Gasteiger partial charge in [0.05, 0.1) is 6.61 Å². The molecule has 1 saturated heterocycles. The van der Waals surface area contributed by atoms with Crippen molar-refractivity contribution >= 4 is 11.9 Å². The number of benzene rings is 1. The maximum absolute atomic E-state index is 12.9. The third kappa shape index (κ3) is 2.73. The number of nitrogens with zero attached hydrogens (tertiary/aromatic N) is 1. The summed E-state index contributed by atoms with van der Waals surface area (Å²) in [6.45, 7) is 3.01. The highest BCUT2D eigenvalue weighted by atomic mass is 16.5. The first-order chi connectivity index (χ1) is 10.6. The molecule has 3 unspecified atom stereocenters. The predicted molar refractivity (Wildman–Crippen MR) is 80.4 cm³/mol. The van der Waals surface area contributed by atoms with Crippen LogP contribution in [0.15, 0.2) is 24.3 Å². The fourth-order valence-electron chi connectivity index (χ4n) is 3.39. The lowest BCUT2D eigenvalue weighted by Crippen LogP contribution is -2.52. The summed E-state index contributed by atoms with van der Waals surface area (Å²) in [5, 5.41) is 9.43. The summed E-state index contributed by atoms with van der Waals surface area (Å²) in [5.41, 5.74) is 1.99. The molecule has 0 aliphatic carbocycles. The van der Waals surface area contributed by atoms with Crippen molar-refractivity contribution in [2.45, 2.75) is 38.3 Å². The van der Waals surface area contributed by atoms with Gasteiger partial charge in [-0.3, -0.25) is 4.79 Å². The molecular weight excluding hydrogens is 282 g/mol. The quantitative estimate of drug-likeness (QED) is 0.907. The van der Waals surface area contributed by atoms with Crippen molar-refractivity contribution < 1.29 is 19.4 Å². The van der Waals surface area contributed by atoms with Crippen molar-refractivity contribution in [3.63, 3.8) is 0 Å². The monoisotopic (exact) mass is 303 g/mol. The number of amides is 1. The second-order valence-corrected chi connectivity index (χ2v) is 6.21. The number of ether oxygens (including phenoxy) is 1. The Hall–Kier alpha value is -1.88. The van der Waals surface area contributed by atoms with Crippen LogP contribution in [0.1, 0.15) is 37.0 Å². The Kier molecular flexibility index (Phi) is 4.16. The molecule has 0 radical (unpaired) electrons. The number of carbonyl (C=O) groups is 2. The first kappa shape index (κ1) is 15.0. The molecule has 22 heavy (non-hydrogen) atoms. The van der Waals surface area contributed by atoms with Gasteiger partial charge in [0.2, 0.25) is 0 Å². The minimum absolute atomic E-state index is 0.216. The number of aliphatic carboxylic acids is 1. The molecule has 3 atom stereocenters. The van der Waals surface area contributed by atoms with Crippen molar-refractivity contribution in [1.82, 2.24) is 4.90 Å². The van der Waals surface area contributed by atoms with E-state index in [4.69, 9.17) is 4.74 Å². The summed E-state index contributed by atoms with van der Waals surface area (Å²) in [6, 6.07) is 7.01. The summed E-state index contributed by atoms with van der Waals surface area (Å²) < 4.78 is 5.69. The van der Waals surface area contributed by atoms with Gasteiger partial charge in [-0.2, -0.15) is 0 Å². The molecule has 0 aromatic heterocycles.